The zero-order chi connectivity index (χ0) is 10.2. The molecule has 0 saturated carbocycles. The fourth-order valence-corrected chi connectivity index (χ4v) is 1.96. The van der Waals surface area contributed by atoms with E-state index >= 15 is 0 Å². The summed E-state index contributed by atoms with van der Waals surface area (Å²) in [5.74, 6) is 0.464. The van der Waals surface area contributed by atoms with Crippen molar-refractivity contribution in [2.45, 2.75) is 25.7 Å². The molecule has 0 atom stereocenters. The van der Waals surface area contributed by atoms with Crippen LogP contribution in [0.5, 0.6) is 0 Å². The van der Waals surface area contributed by atoms with Gasteiger partial charge in [-0.2, -0.15) is 12.6 Å². The summed E-state index contributed by atoms with van der Waals surface area (Å²) in [5, 5.41) is 0. The second-order valence-electron chi connectivity index (χ2n) is 3.75. The van der Waals surface area contributed by atoms with Gasteiger partial charge >= 0.3 is 5.97 Å². The number of quaternary nitrogens is 1. The fraction of sp³-hybridized carbons (Fsp3) is 0.900. The standard InChI is InChI=1S/C10H19NO2S/c12-10(4-9-14)13-8-7-11-5-2-1-3-6-11/h14H,1-9H2/p+1. The van der Waals surface area contributed by atoms with Crippen molar-refractivity contribution in [1.82, 2.24) is 0 Å². The molecular weight excluding hydrogens is 198 g/mol. The van der Waals surface area contributed by atoms with Gasteiger partial charge in [-0.15, -0.1) is 0 Å². The number of thiol groups is 1. The summed E-state index contributed by atoms with van der Waals surface area (Å²) in [7, 11) is 0. The van der Waals surface area contributed by atoms with E-state index in [1.807, 2.05) is 0 Å². The Morgan fingerprint density at radius 1 is 1.29 bits per heavy atom. The Kier molecular flexibility index (Phi) is 6.03. The van der Waals surface area contributed by atoms with Crippen molar-refractivity contribution >= 4 is 18.6 Å². The average molecular weight is 218 g/mol. The van der Waals surface area contributed by atoms with Gasteiger partial charge in [-0.3, -0.25) is 4.79 Å². The third kappa shape index (κ3) is 4.86. The number of carbonyl (C=O) groups excluding carboxylic acids is 1. The number of piperidine rings is 1. The lowest BCUT2D eigenvalue weighted by Crippen LogP contribution is -3.13. The van der Waals surface area contributed by atoms with Gasteiger partial charge in [0.25, 0.3) is 0 Å². The third-order valence-electron chi connectivity index (χ3n) is 2.60. The van der Waals surface area contributed by atoms with Crippen molar-refractivity contribution < 1.29 is 14.4 Å². The van der Waals surface area contributed by atoms with Crippen molar-refractivity contribution in [1.29, 1.82) is 0 Å². The molecule has 1 N–H and O–H groups in total. The molecule has 1 aliphatic rings. The summed E-state index contributed by atoms with van der Waals surface area (Å²) in [5.41, 5.74) is 0. The zero-order valence-corrected chi connectivity index (χ0v) is 9.52. The number of rotatable bonds is 5. The van der Waals surface area contributed by atoms with E-state index < -0.39 is 0 Å². The minimum atomic E-state index is -0.114. The normalized spacial score (nSPS) is 18.1. The molecule has 1 aliphatic heterocycles. The first kappa shape index (κ1) is 11.9. The average Bonchev–Trinajstić information content (AvgIpc) is 2.20. The van der Waals surface area contributed by atoms with E-state index in [0.717, 1.165) is 6.54 Å². The molecule has 0 amide bonds. The largest absolute Gasteiger partial charge is 0.460 e. The lowest BCUT2D eigenvalue weighted by Gasteiger charge is -2.23. The maximum Gasteiger partial charge on any atom is 0.306 e. The van der Waals surface area contributed by atoms with Gasteiger partial charge in [0.05, 0.1) is 19.5 Å². The van der Waals surface area contributed by atoms with E-state index in [9.17, 15) is 4.79 Å². The summed E-state index contributed by atoms with van der Waals surface area (Å²) in [6.45, 7) is 4.02. The predicted molar refractivity (Wildman–Crippen MR) is 58.8 cm³/mol. The summed E-state index contributed by atoms with van der Waals surface area (Å²) < 4.78 is 5.08. The maximum absolute atomic E-state index is 11.0. The summed E-state index contributed by atoms with van der Waals surface area (Å²) >= 11 is 3.98. The van der Waals surface area contributed by atoms with Crippen molar-refractivity contribution in [3.05, 3.63) is 0 Å². The van der Waals surface area contributed by atoms with E-state index in [4.69, 9.17) is 4.74 Å². The monoisotopic (exact) mass is 218 g/mol. The minimum absolute atomic E-state index is 0.114. The van der Waals surface area contributed by atoms with E-state index in [2.05, 4.69) is 12.6 Å². The number of carbonyl (C=O) groups is 1. The fourth-order valence-electron chi connectivity index (χ4n) is 1.77. The van der Waals surface area contributed by atoms with Crippen LogP contribution >= 0.6 is 12.6 Å². The van der Waals surface area contributed by atoms with Gasteiger partial charge in [0.2, 0.25) is 0 Å². The predicted octanol–water partition coefficient (Wildman–Crippen LogP) is -0.0817. The van der Waals surface area contributed by atoms with Gasteiger partial charge in [-0.25, -0.2) is 0 Å². The van der Waals surface area contributed by atoms with Crippen molar-refractivity contribution in [2.24, 2.45) is 0 Å². The highest BCUT2D eigenvalue weighted by Crippen LogP contribution is 1.94. The van der Waals surface area contributed by atoms with E-state index in [1.165, 1.54) is 32.4 Å². The van der Waals surface area contributed by atoms with Crippen molar-refractivity contribution in [3.63, 3.8) is 0 Å². The van der Waals surface area contributed by atoms with Crippen LogP contribution in [0.3, 0.4) is 0 Å². The lowest BCUT2D eigenvalue weighted by atomic mass is 10.1. The van der Waals surface area contributed by atoms with Gasteiger partial charge in [0.1, 0.15) is 13.2 Å². The summed E-state index contributed by atoms with van der Waals surface area (Å²) in [4.78, 5) is 12.6. The van der Waals surface area contributed by atoms with Gasteiger partial charge in [0, 0.05) is 5.75 Å². The van der Waals surface area contributed by atoms with E-state index in [1.54, 1.807) is 4.90 Å². The van der Waals surface area contributed by atoms with Crippen molar-refractivity contribution in [3.8, 4) is 0 Å². The minimum Gasteiger partial charge on any atom is -0.460 e. The molecule has 1 heterocycles. The molecule has 1 saturated heterocycles. The van der Waals surface area contributed by atoms with Gasteiger partial charge in [-0.1, -0.05) is 0 Å². The second kappa shape index (κ2) is 7.12. The van der Waals surface area contributed by atoms with Gasteiger partial charge in [-0.05, 0) is 19.3 Å². The molecule has 1 rings (SSSR count). The Morgan fingerprint density at radius 3 is 2.64 bits per heavy atom. The maximum atomic E-state index is 11.0. The molecule has 0 radical (unpaired) electrons. The molecule has 82 valence electrons. The number of hydrogen-bond acceptors (Lipinski definition) is 3. The first-order valence-corrected chi connectivity index (χ1v) is 6.06. The Labute approximate surface area is 91.2 Å². The number of nitrogens with one attached hydrogen (secondary N) is 1. The molecular formula is C10H20NO2S+. The molecule has 3 nitrogen and oxygen atoms in total. The van der Waals surface area contributed by atoms with Crippen LogP contribution in [0, 0.1) is 0 Å². The smallest absolute Gasteiger partial charge is 0.306 e. The first-order chi connectivity index (χ1) is 6.83. The Hall–Kier alpha value is -0.220. The van der Waals surface area contributed by atoms with E-state index in [-0.39, 0.29) is 5.97 Å². The third-order valence-corrected chi connectivity index (χ3v) is 2.82. The van der Waals surface area contributed by atoms with Gasteiger partial charge < -0.3 is 9.64 Å². The van der Waals surface area contributed by atoms with Crippen LogP contribution < -0.4 is 4.90 Å². The molecule has 0 spiro atoms. The molecule has 0 aromatic carbocycles. The summed E-state index contributed by atoms with van der Waals surface area (Å²) in [6, 6.07) is 0. The molecule has 14 heavy (non-hydrogen) atoms. The van der Waals surface area contributed by atoms with Crippen LogP contribution in [0.2, 0.25) is 0 Å². The molecule has 0 aromatic rings. The van der Waals surface area contributed by atoms with E-state index in [0.29, 0.717) is 18.8 Å². The molecule has 0 aromatic heterocycles. The number of esters is 1. The Bertz CT molecular complexity index is 170. The quantitative estimate of drug-likeness (QED) is 0.499. The zero-order valence-electron chi connectivity index (χ0n) is 8.63. The van der Waals surface area contributed by atoms with Crippen LogP contribution in [0.25, 0.3) is 0 Å². The van der Waals surface area contributed by atoms with Crippen LogP contribution in [0.15, 0.2) is 0 Å². The second-order valence-corrected chi connectivity index (χ2v) is 4.20. The van der Waals surface area contributed by atoms with Crippen LogP contribution in [0.1, 0.15) is 25.7 Å². The highest BCUT2D eigenvalue weighted by atomic mass is 32.1. The SMILES string of the molecule is O=C(CCS)OCC[NH+]1CCCCC1. The van der Waals surface area contributed by atoms with Crippen molar-refractivity contribution in [2.75, 3.05) is 32.0 Å². The molecule has 0 bridgehead atoms. The molecule has 4 heteroatoms. The highest BCUT2D eigenvalue weighted by Gasteiger charge is 2.13. The lowest BCUT2D eigenvalue weighted by molar-refractivity contribution is -0.905. The number of ether oxygens (including phenoxy) is 1. The van der Waals surface area contributed by atoms with Crippen LogP contribution in [-0.4, -0.2) is 38.0 Å². The first-order valence-electron chi connectivity index (χ1n) is 5.43. The number of likely N-dealkylation sites (tertiary alicyclic amines) is 1. The summed E-state index contributed by atoms with van der Waals surface area (Å²) in [6.07, 6.45) is 4.43. The van der Waals surface area contributed by atoms with Crippen LogP contribution in [0.4, 0.5) is 0 Å². The van der Waals surface area contributed by atoms with Gasteiger partial charge in [0.15, 0.2) is 0 Å². The van der Waals surface area contributed by atoms with Crippen LogP contribution in [-0.2, 0) is 9.53 Å². The molecule has 1 fully saturated rings. The topological polar surface area (TPSA) is 30.7 Å². The molecule has 0 aliphatic carbocycles. The highest BCUT2D eigenvalue weighted by molar-refractivity contribution is 7.80. The number of hydrogen-bond donors (Lipinski definition) is 2. The molecule has 0 unspecified atom stereocenters. The Balaban J connectivity index is 1.99. The Morgan fingerprint density at radius 2 is 2.00 bits per heavy atom.